The quantitative estimate of drug-likeness (QED) is 0.596. The molecule has 22 heavy (non-hydrogen) atoms. The van der Waals surface area contributed by atoms with Gasteiger partial charge in [-0.05, 0) is 17.9 Å². The SMILES string of the molecule is CSc1ncc2c(n1)CCN(Cc1c[nH]c3ccccc13)C2. The molecule has 0 spiro atoms. The van der Waals surface area contributed by atoms with Crippen LogP contribution in [0, 0.1) is 0 Å². The second-order valence-electron chi connectivity index (χ2n) is 5.65. The highest BCUT2D eigenvalue weighted by atomic mass is 32.2. The van der Waals surface area contributed by atoms with Gasteiger partial charge >= 0.3 is 0 Å². The van der Waals surface area contributed by atoms with Crippen molar-refractivity contribution in [3.05, 3.63) is 53.5 Å². The smallest absolute Gasteiger partial charge is 0.187 e. The van der Waals surface area contributed by atoms with Crippen molar-refractivity contribution >= 4 is 22.7 Å². The number of nitrogens with one attached hydrogen (secondary N) is 1. The van der Waals surface area contributed by atoms with Crippen molar-refractivity contribution in [1.82, 2.24) is 19.9 Å². The molecule has 1 N–H and O–H groups in total. The predicted octanol–water partition coefficient (Wildman–Crippen LogP) is 3.24. The van der Waals surface area contributed by atoms with E-state index in [4.69, 9.17) is 0 Å². The van der Waals surface area contributed by atoms with E-state index in [9.17, 15) is 0 Å². The summed E-state index contributed by atoms with van der Waals surface area (Å²) in [6.07, 6.45) is 7.16. The number of thioether (sulfide) groups is 1. The van der Waals surface area contributed by atoms with E-state index in [1.807, 2.05) is 12.5 Å². The van der Waals surface area contributed by atoms with E-state index in [0.29, 0.717) is 0 Å². The van der Waals surface area contributed by atoms with Gasteiger partial charge in [-0.3, -0.25) is 4.90 Å². The number of H-pyrrole nitrogens is 1. The molecule has 4 nitrogen and oxygen atoms in total. The molecule has 0 atom stereocenters. The van der Waals surface area contributed by atoms with Crippen molar-refractivity contribution in [2.24, 2.45) is 0 Å². The minimum Gasteiger partial charge on any atom is -0.361 e. The van der Waals surface area contributed by atoms with Crippen LogP contribution in [0.3, 0.4) is 0 Å². The lowest BCUT2D eigenvalue weighted by molar-refractivity contribution is 0.243. The topological polar surface area (TPSA) is 44.8 Å². The van der Waals surface area contributed by atoms with Gasteiger partial charge in [-0.1, -0.05) is 30.0 Å². The van der Waals surface area contributed by atoms with Crippen molar-refractivity contribution in [1.29, 1.82) is 0 Å². The van der Waals surface area contributed by atoms with Crippen molar-refractivity contribution in [3.63, 3.8) is 0 Å². The Balaban J connectivity index is 1.55. The zero-order valence-corrected chi connectivity index (χ0v) is 13.4. The first-order chi connectivity index (χ1) is 10.8. The highest BCUT2D eigenvalue weighted by Gasteiger charge is 2.19. The van der Waals surface area contributed by atoms with E-state index in [2.05, 4.69) is 50.3 Å². The van der Waals surface area contributed by atoms with Crippen LogP contribution in [-0.4, -0.2) is 32.7 Å². The number of nitrogens with zero attached hydrogens (tertiary/aromatic N) is 3. The standard InChI is InChI=1S/C17H18N4S/c1-22-17-19-9-13-11-21(7-6-15(13)20-17)10-12-8-18-16-5-3-2-4-14(12)16/h2-5,8-9,18H,6-7,10-11H2,1H3. The summed E-state index contributed by atoms with van der Waals surface area (Å²) in [7, 11) is 0. The van der Waals surface area contributed by atoms with Crippen LogP contribution >= 0.6 is 11.8 Å². The zero-order valence-electron chi connectivity index (χ0n) is 12.5. The number of aromatic amines is 1. The lowest BCUT2D eigenvalue weighted by atomic mass is 10.1. The molecule has 0 bridgehead atoms. The average molecular weight is 310 g/mol. The molecule has 3 heterocycles. The maximum Gasteiger partial charge on any atom is 0.187 e. The molecule has 0 aliphatic carbocycles. The summed E-state index contributed by atoms with van der Waals surface area (Å²) < 4.78 is 0. The number of fused-ring (bicyclic) bond motifs is 2. The Hall–Kier alpha value is -1.85. The molecular weight excluding hydrogens is 292 g/mol. The van der Waals surface area contributed by atoms with E-state index in [0.717, 1.165) is 31.2 Å². The fraction of sp³-hybridized carbons (Fsp3) is 0.294. The summed E-state index contributed by atoms with van der Waals surface area (Å²) in [5.41, 5.74) is 5.06. The van der Waals surface area contributed by atoms with E-state index in [1.54, 1.807) is 11.8 Å². The third kappa shape index (κ3) is 2.51. The summed E-state index contributed by atoms with van der Waals surface area (Å²) >= 11 is 1.61. The Bertz CT molecular complexity index is 811. The predicted molar refractivity (Wildman–Crippen MR) is 89.9 cm³/mol. The van der Waals surface area contributed by atoms with E-state index in [1.165, 1.54) is 27.7 Å². The van der Waals surface area contributed by atoms with Gasteiger partial charge in [0.1, 0.15) is 0 Å². The molecule has 4 rings (SSSR count). The van der Waals surface area contributed by atoms with Crippen LogP contribution in [0.1, 0.15) is 16.8 Å². The highest BCUT2D eigenvalue weighted by Crippen LogP contribution is 2.23. The van der Waals surface area contributed by atoms with E-state index in [-0.39, 0.29) is 0 Å². The Morgan fingerprint density at radius 3 is 3.14 bits per heavy atom. The molecule has 0 fully saturated rings. The first kappa shape index (κ1) is 13.8. The van der Waals surface area contributed by atoms with Gasteiger partial charge in [-0.15, -0.1) is 0 Å². The van der Waals surface area contributed by atoms with Crippen LogP contribution in [0.4, 0.5) is 0 Å². The van der Waals surface area contributed by atoms with Crippen molar-refractivity contribution in [3.8, 4) is 0 Å². The van der Waals surface area contributed by atoms with Gasteiger partial charge in [0.2, 0.25) is 0 Å². The summed E-state index contributed by atoms with van der Waals surface area (Å²) in [6, 6.07) is 8.48. The Kier molecular flexibility index (Phi) is 3.60. The maximum absolute atomic E-state index is 4.63. The second-order valence-corrected chi connectivity index (χ2v) is 6.42. The zero-order chi connectivity index (χ0) is 14.9. The maximum atomic E-state index is 4.63. The summed E-state index contributed by atoms with van der Waals surface area (Å²) in [4.78, 5) is 14.9. The molecule has 2 aromatic heterocycles. The van der Waals surface area contributed by atoms with Crippen LogP contribution in [-0.2, 0) is 19.5 Å². The normalized spacial score (nSPS) is 15.1. The van der Waals surface area contributed by atoms with Crippen LogP contribution in [0.25, 0.3) is 10.9 Å². The monoisotopic (exact) mass is 310 g/mol. The summed E-state index contributed by atoms with van der Waals surface area (Å²) in [6.45, 7) is 2.95. The molecule has 1 aliphatic rings. The third-order valence-corrected chi connectivity index (χ3v) is 4.80. The van der Waals surface area contributed by atoms with Crippen LogP contribution in [0.2, 0.25) is 0 Å². The molecule has 0 unspecified atom stereocenters. The van der Waals surface area contributed by atoms with Crippen molar-refractivity contribution < 1.29 is 0 Å². The Morgan fingerprint density at radius 2 is 2.23 bits per heavy atom. The van der Waals surface area contributed by atoms with E-state index >= 15 is 0 Å². The van der Waals surface area contributed by atoms with Crippen LogP contribution in [0.15, 0.2) is 41.8 Å². The first-order valence-electron chi connectivity index (χ1n) is 7.49. The number of hydrogen-bond donors (Lipinski definition) is 1. The Morgan fingerprint density at radius 1 is 1.32 bits per heavy atom. The van der Waals surface area contributed by atoms with Crippen molar-refractivity contribution in [2.45, 2.75) is 24.7 Å². The lowest BCUT2D eigenvalue weighted by Crippen LogP contribution is -2.30. The largest absolute Gasteiger partial charge is 0.361 e. The summed E-state index contributed by atoms with van der Waals surface area (Å²) in [5.74, 6) is 0. The molecule has 3 aromatic rings. The molecule has 1 aliphatic heterocycles. The second kappa shape index (κ2) is 5.74. The van der Waals surface area contributed by atoms with Crippen LogP contribution in [0.5, 0.6) is 0 Å². The molecule has 5 heteroatoms. The molecule has 112 valence electrons. The number of aromatic nitrogens is 3. The van der Waals surface area contributed by atoms with Gasteiger partial charge in [0.05, 0.1) is 5.69 Å². The Labute approximate surface area is 134 Å². The molecule has 0 saturated heterocycles. The molecule has 1 aromatic carbocycles. The minimum atomic E-state index is 0.879. The lowest BCUT2D eigenvalue weighted by Gasteiger charge is -2.27. The number of hydrogen-bond acceptors (Lipinski definition) is 4. The molecule has 0 radical (unpaired) electrons. The number of benzene rings is 1. The van der Waals surface area contributed by atoms with Gasteiger partial charge in [0.15, 0.2) is 5.16 Å². The summed E-state index contributed by atoms with van der Waals surface area (Å²) in [5, 5.41) is 2.20. The van der Waals surface area contributed by atoms with Crippen molar-refractivity contribution in [2.75, 3.05) is 12.8 Å². The van der Waals surface area contributed by atoms with Gasteiger partial charge in [0.25, 0.3) is 0 Å². The fourth-order valence-electron chi connectivity index (χ4n) is 3.09. The minimum absolute atomic E-state index is 0.879. The van der Waals surface area contributed by atoms with Crippen LogP contribution < -0.4 is 0 Å². The number of rotatable bonds is 3. The fourth-order valence-corrected chi connectivity index (χ4v) is 3.45. The van der Waals surface area contributed by atoms with Gasteiger partial charge in [0, 0.05) is 54.9 Å². The van der Waals surface area contributed by atoms with Gasteiger partial charge in [-0.2, -0.15) is 0 Å². The van der Waals surface area contributed by atoms with Gasteiger partial charge < -0.3 is 4.98 Å². The molecular formula is C17H18N4S. The molecule has 0 amide bonds. The average Bonchev–Trinajstić information content (AvgIpc) is 2.97. The molecule has 0 saturated carbocycles. The third-order valence-electron chi connectivity index (χ3n) is 4.24. The van der Waals surface area contributed by atoms with Gasteiger partial charge in [-0.25, -0.2) is 9.97 Å². The van der Waals surface area contributed by atoms with E-state index < -0.39 is 0 Å². The first-order valence-corrected chi connectivity index (χ1v) is 8.72. The number of para-hydroxylation sites is 1. The highest BCUT2D eigenvalue weighted by molar-refractivity contribution is 7.98.